The summed E-state index contributed by atoms with van der Waals surface area (Å²) in [4.78, 5) is 3.39. The van der Waals surface area contributed by atoms with Gasteiger partial charge in [-0.15, -0.1) is 0 Å². The van der Waals surface area contributed by atoms with Gasteiger partial charge in [0.15, 0.2) is 0 Å². The molecule has 3 N–H and O–H groups in total. The van der Waals surface area contributed by atoms with E-state index >= 15 is 0 Å². The Bertz CT molecular complexity index is 516. The SMILES string of the molecule is Cc1[nH]c2ccc(F)cc2c1C(N)=S. The highest BCUT2D eigenvalue weighted by Gasteiger charge is 2.10. The lowest BCUT2D eigenvalue weighted by Gasteiger charge is -1.96. The molecule has 14 heavy (non-hydrogen) atoms. The van der Waals surface area contributed by atoms with E-state index in [1.807, 2.05) is 6.92 Å². The van der Waals surface area contributed by atoms with Crippen molar-refractivity contribution in [3.63, 3.8) is 0 Å². The van der Waals surface area contributed by atoms with Crippen LogP contribution in [-0.2, 0) is 0 Å². The molecule has 0 aliphatic rings. The van der Waals surface area contributed by atoms with E-state index in [0.717, 1.165) is 22.2 Å². The largest absolute Gasteiger partial charge is 0.389 e. The van der Waals surface area contributed by atoms with Crippen molar-refractivity contribution in [3.8, 4) is 0 Å². The van der Waals surface area contributed by atoms with Crippen molar-refractivity contribution in [1.82, 2.24) is 4.98 Å². The van der Waals surface area contributed by atoms with Gasteiger partial charge >= 0.3 is 0 Å². The first-order valence-corrected chi connectivity index (χ1v) is 4.58. The number of thiocarbonyl (C=S) groups is 1. The van der Waals surface area contributed by atoms with Crippen LogP contribution in [0.1, 0.15) is 11.3 Å². The molecule has 0 saturated carbocycles. The number of nitrogens with one attached hydrogen (secondary N) is 1. The summed E-state index contributed by atoms with van der Waals surface area (Å²) < 4.78 is 13.0. The molecule has 0 fully saturated rings. The molecule has 72 valence electrons. The fourth-order valence-electron chi connectivity index (χ4n) is 1.62. The van der Waals surface area contributed by atoms with Gasteiger partial charge in [0.1, 0.15) is 10.8 Å². The zero-order valence-electron chi connectivity index (χ0n) is 7.60. The predicted octanol–water partition coefficient (Wildman–Crippen LogP) is 2.25. The highest BCUT2D eigenvalue weighted by atomic mass is 32.1. The van der Waals surface area contributed by atoms with E-state index in [0.29, 0.717) is 4.99 Å². The van der Waals surface area contributed by atoms with Crippen molar-refractivity contribution in [1.29, 1.82) is 0 Å². The molecular weight excluding hydrogens is 199 g/mol. The van der Waals surface area contributed by atoms with E-state index in [2.05, 4.69) is 4.98 Å². The number of hydrogen-bond donors (Lipinski definition) is 2. The van der Waals surface area contributed by atoms with Gasteiger partial charge < -0.3 is 10.7 Å². The summed E-state index contributed by atoms with van der Waals surface area (Å²) in [6.07, 6.45) is 0. The van der Waals surface area contributed by atoms with E-state index in [1.165, 1.54) is 12.1 Å². The lowest BCUT2D eigenvalue weighted by atomic mass is 10.1. The van der Waals surface area contributed by atoms with Gasteiger partial charge in [0.25, 0.3) is 0 Å². The van der Waals surface area contributed by atoms with E-state index in [-0.39, 0.29) is 5.82 Å². The molecular formula is C10H9FN2S. The second kappa shape index (κ2) is 3.06. The first-order chi connectivity index (χ1) is 6.59. The summed E-state index contributed by atoms with van der Waals surface area (Å²) in [6.45, 7) is 1.87. The van der Waals surface area contributed by atoms with Gasteiger partial charge in [0.2, 0.25) is 0 Å². The number of fused-ring (bicyclic) bond motifs is 1. The number of benzene rings is 1. The highest BCUT2D eigenvalue weighted by Crippen LogP contribution is 2.22. The summed E-state index contributed by atoms with van der Waals surface area (Å²) in [5.41, 5.74) is 8.02. The summed E-state index contributed by atoms with van der Waals surface area (Å²) in [5.74, 6) is -0.283. The monoisotopic (exact) mass is 208 g/mol. The molecule has 0 aliphatic carbocycles. The van der Waals surface area contributed by atoms with Crippen molar-refractivity contribution < 1.29 is 4.39 Å². The van der Waals surface area contributed by atoms with Crippen LogP contribution < -0.4 is 5.73 Å². The Balaban J connectivity index is 2.86. The summed E-state index contributed by atoms with van der Waals surface area (Å²) in [6, 6.07) is 4.52. The number of aromatic nitrogens is 1. The number of nitrogens with two attached hydrogens (primary N) is 1. The van der Waals surface area contributed by atoms with E-state index in [9.17, 15) is 4.39 Å². The van der Waals surface area contributed by atoms with Crippen molar-refractivity contribution in [3.05, 3.63) is 35.3 Å². The van der Waals surface area contributed by atoms with Crippen molar-refractivity contribution >= 4 is 28.1 Å². The molecule has 0 spiro atoms. The molecule has 0 saturated heterocycles. The molecule has 0 bridgehead atoms. The molecule has 0 atom stereocenters. The fraction of sp³-hybridized carbons (Fsp3) is 0.100. The van der Waals surface area contributed by atoms with Crippen LogP contribution in [0, 0.1) is 12.7 Å². The van der Waals surface area contributed by atoms with Gasteiger partial charge in [-0.3, -0.25) is 0 Å². The zero-order valence-corrected chi connectivity index (χ0v) is 8.41. The minimum Gasteiger partial charge on any atom is -0.389 e. The summed E-state index contributed by atoms with van der Waals surface area (Å²) >= 11 is 4.91. The first kappa shape index (κ1) is 9.15. The van der Waals surface area contributed by atoms with Crippen molar-refractivity contribution in [2.24, 2.45) is 5.73 Å². The Morgan fingerprint density at radius 2 is 2.21 bits per heavy atom. The third kappa shape index (κ3) is 1.28. The van der Waals surface area contributed by atoms with Crippen LogP contribution in [0.4, 0.5) is 4.39 Å². The lowest BCUT2D eigenvalue weighted by Crippen LogP contribution is -2.10. The Labute approximate surface area is 85.9 Å². The summed E-state index contributed by atoms with van der Waals surface area (Å²) in [7, 11) is 0. The van der Waals surface area contributed by atoms with E-state index < -0.39 is 0 Å². The van der Waals surface area contributed by atoms with Gasteiger partial charge in [-0.2, -0.15) is 0 Å². The average molecular weight is 208 g/mol. The van der Waals surface area contributed by atoms with Gasteiger partial charge in [-0.05, 0) is 25.1 Å². The van der Waals surface area contributed by atoms with Crippen LogP contribution in [0.2, 0.25) is 0 Å². The second-order valence-corrected chi connectivity index (χ2v) is 3.62. The normalized spacial score (nSPS) is 10.7. The third-order valence-corrected chi connectivity index (χ3v) is 2.40. The Morgan fingerprint density at radius 3 is 2.86 bits per heavy atom. The number of hydrogen-bond acceptors (Lipinski definition) is 1. The maximum atomic E-state index is 13.0. The summed E-state index contributed by atoms with van der Waals surface area (Å²) in [5, 5.41) is 0.745. The fourth-order valence-corrected chi connectivity index (χ4v) is 1.88. The van der Waals surface area contributed by atoms with Gasteiger partial charge in [-0.25, -0.2) is 4.39 Å². The number of aryl methyl sites for hydroxylation is 1. The van der Waals surface area contributed by atoms with Crippen LogP contribution >= 0.6 is 12.2 Å². The van der Waals surface area contributed by atoms with Crippen LogP contribution in [0.5, 0.6) is 0 Å². The number of aromatic amines is 1. The molecule has 0 unspecified atom stereocenters. The quantitative estimate of drug-likeness (QED) is 0.706. The van der Waals surface area contributed by atoms with Crippen LogP contribution in [-0.4, -0.2) is 9.97 Å². The molecule has 4 heteroatoms. The highest BCUT2D eigenvalue weighted by molar-refractivity contribution is 7.80. The number of rotatable bonds is 1. The lowest BCUT2D eigenvalue weighted by molar-refractivity contribution is 0.629. The van der Waals surface area contributed by atoms with Gasteiger partial charge in [0, 0.05) is 22.2 Å². The average Bonchev–Trinajstić information content (AvgIpc) is 2.40. The molecule has 2 nitrogen and oxygen atoms in total. The number of H-pyrrole nitrogens is 1. The Morgan fingerprint density at radius 1 is 1.50 bits per heavy atom. The minimum atomic E-state index is -0.283. The van der Waals surface area contributed by atoms with Crippen molar-refractivity contribution in [2.75, 3.05) is 0 Å². The maximum absolute atomic E-state index is 13.0. The van der Waals surface area contributed by atoms with E-state index in [4.69, 9.17) is 18.0 Å². The minimum absolute atomic E-state index is 0.283. The smallest absolute Gasteiger partial charge is 0.123 e. The van der Waals surface area contributed by atoms with Crippen LogP contribution in [0.3, 0.4) is 0 Å². The maximum Gasteiger partial charge on any atom is 0.123 e. The molecule has 2 aromatic rings. The third-order valence-electron chi connectivity index (χ3n) is 2.19. The van der Waals surface area contributed by atoms with Gasteiger partial charge in [0.05, 0.1) is 0 Å². The molecule has 2 rings (SSSR count). The Kier molecular flexibility index (Phi) is 2.00. The van der Waals surface area contributed by atoms with Crippen LogP contribution in [0.25, 0.3) is 10.9 Å². The molecule has 1 aromatic heterocycles. The first-order valence-electron chi connectivity index (χ1n) is 4.17. The Hall–Kier alpha value is -1.42. The molecule has 1 heterocycles. The van der Waals surface area contributed by atoms with Crippen LogP contribution in [0.15, 0.2) is 18.2 Å². The molecule has 0 radical (unpaired) electrons. The molecule has 1 aromatic carbocycles. The molecule has 0 amide bonds. The topological polar surface area (TPSA) is 41.8 Å². The molecule has 0 aliphatic heterocycles. The predicted molar refractivity (Wildman–Crippen MR) is 58.9 cm³/mol. The van der Waals surface area contributed by atoms with Crippen molar-refractivity contribution in [2.45, 2.75) is 6.92 Å². The standard InChI is InChI=1S/C10H9FN2S/c1-5-9(10(12)14)7-4-6(11)2-3-8(7)13-5/h2-4,13H,1H3,(H2,12,14). The van der Waals surface area contributed by atoms with E-state index in [1.54, 1.807) is 6.07 Å². The zero-order chi connectivity index (χ0) is 10.3. The number of halogens is 1. The van der Waals surface area contributed by atoms with Gasteiger partial charge in [-0.1, -0.05) is 12.2 Å². The second-order valence-electron chi connectivity index (χ2n) is 3.18.